The fraction of sp³-hybridized carbons (Fsp3) is 0.214. The molecule has 1 amide bonds. The molecule has 0 radical (unpaired) electrons. The molecule has 6 nitrogen and oxygen atoms in total. The van der Waals surface area contributed by atoms with Crippen LogP contribution in [0.15, 0.2) is 41.5 Å². The summed E-state index contributed by atoms with van der Waals surface area (Å²) in [5.74, 6) is 1.45. The summed E-state index contributed by atoms with van der Waals surface area (Å²) in [7, 11) is 1.62. The van der Waals surface area contributed by atoms with Crippen molar-refractivity contribution >= 4 is 22.8 Å². The summed E-state index contributed by atoms with van der Waals surface area (Å²) in [5.41, 5.74) is 1.23. The zero-order valence-corrected chi connectivity index (χ0v) is 12.3. The Labute approximate surface area is 126 Å². The van der Waals surface area contributed by atoms with Crippen LogP contribution in [0.25, 0.3) is 5.69 Å². The van der Waals surface area contributed by atoms with Gasteiger partial charge >= 0.3 is 0 Å². The zero-order valence-electron chi connectivity index (χ0n) is 11.4. The van der Waals surface area contributed by atoms with Crippen molar-refractivity contribution in [2.45, 2.75) is 0 Å². The third-order valence-electron chi connectivity index (χ3n) is 2.96. The molecule has 0 saturated heterocycles. The fourth-order valence-corrected chi connectivity index (χ4v) is 2.62. The fourth-order valence-electron chi connectivity index (χ4n) is 1.90. The largest absolute Gasteiger partial charge is 0.497 e. The van der Waals surface area contributed by atoms with Crippen LogP contribution >= 0.6 is 11.8 Å². The average molecular weight is 302 g/mol. The molecule has 1 aromatic carbocycles. The van der Waals surface area contributed by atoms with Crippen LogP contribution in [-0.2, 0) is 0 Å². The van der Waals surface area contributed by atoms with E-state index in [9.17, 15) is 4.79 Å². The molecule has 0 fully saturated rings. The molecule has 1 aliphatic heterocycles. The Morgan fingerprint density at radius 1 is 1.33 bits per heavy atom. The molecule has 3 rings (SSSR count). The summed E-state index contributed by atoms with van der Waals surface area (Å²) in [6.45, 7) is 0.751. The second-order valence-corrected chi connectivity index (χ2v) is 5.42. The van der Waals surface area contributed by atoms with Gasteiger partial charge in [0.05, 0.1) is 19.3 Å². The molecule has 108 valence electrons. The molecule has 2 aromatic rings. The van der Waals surface area contributed by atoms with E-state index >= 15 is 0 Å². The van der Waals surface area contributed by atoms with Gasteiger partial charge in [-0.15, -0.1) is 0 Å². The van der Waals surface area contributed by atoms with Crippen molar-refractivity contribution < 1.29 is 9.53 Å². The Kier molecular flexibility index (Phi) is 3.92. The van der Waals surface area contributed by atoms with Crippen molar-refractivity contribution in [2.24, 2.45) is 4.99 Å². The Morgan fingerprint density at radius 2 is 2.14 bits per heavy atom. The van der Waals surface area contributed by atoms with Gasteiger partial charge in [0, 0.05) is 11.9 Å². The second kappa shape index (κ2) is 6.01. The van der Waals surface area contributed by atoms with E-state index in [0.717, 1.165) is 23.7 Å². The molecule has 0 aliphatic carbocycles. The third-order valence-corrected chi connectivity index (χ3v) is 3.86. The van der Waals surface area contributed by atoms with Crippen LogP contribution in [0.3, 0.4) is 0 Å². The van der Waals surface area contributed by atoms with Crippen molar-refractivity contribution in [3.8, 4) is 11.4 Å². The van der Waals surface area contributed by atoms with Crippen LogP contribution in [0.5, 0.6) is 5.75 Å². The molecule has 0 spiro atoms. The third kappa shape index (κ3) is 3.08. The highest BCUT2D eigenvalue weighted by Gasteiger charge is 2.15. The van der Waals surface area contributed by atoms with E-state index < -0.39 is 0 Å². The summed E-state index contributed by atoms with van der Waals surface area (Å²) in [6, 6.07) is 9.13. The average Bonchev–Trinajstić information content (AvgIpc) is 3.18. The maximum absolute atomic E-state index is 12.0. The van der Waals surface area contributed by atoms with Gasteiger partial charge in [-0.25, -0.2) is 4.68 Å². The molecule has 2 heterocycles. The van der Waals surface area contributed by atoms with Gasteiger partial charge < -0.3 is 4.74 Å². The Balaban J connectivity index is 1.74. The topological polar surface area (TPSA) is 68.5 Å². The molecule has 0 bridgehead atoms. The molecule has 0 saturated carbocycles. The maximum Gasteiger partial charge on any atom is 0.277 e. The van der Waals surface area contributed by atoms with Gasteiger partial charge in [0.1, 0.15) is 5.75 Å². The molecule has 0 atom stereocenters. The van der Waals surface area contributed by atoms with Crippen molar-refractivity contribution in [3.05, 3.63) is 42.2 Å². The Morgan fingerprint density at radius 3 is 2.81 bits per heavy atom. The first-order chi connectivity index (χ1) is 10.3. The molecule has 1 aliphatic rings. The molecule has 7 heteroatoms. The molecule has 21 heavy (non-hydrogen) atoms. The van der Waals surface area contributed by atoms with Crippen molar-refractivity contribution in [2.75, 3.05) is 19.4 Å². The Hall–Kier alpha value is -2.28. The smallest absolute Gasteiger partial charge is 0.277 e. The predicted octanol–water partition coefficient (Wildman–Crippen LogP) is 1.71. The van der Waals surface area contributed by atoms with Gasteiger partial charge in [-0.1, -0.05) is 11.8 Å². The number of thioether (sulfide) groups is 1. The monoisotopic (exact) mass is 302 g/mol. The second-order valence-electron chi connectivity index (χ2n) is 4.33. The molecule has 1 N–H and O–H groups in total. The van der Waals surface area contributed by atoms with Gasteiger partial charge in [-0.05, 0) is 30.3 Å². The number of aromatic nitrogens is 2. The number of rotatable bonds is 3. The lowest BCUT2D eigenvalue weighted by atomic mass is 10.3. The van der Waals surface area contributed by atoms with Crippen LogP contribution in [-0.4, -0.2) is 40.3 Å². The van der Waals surface area contributed by atoms with Gasteiger partial charge in [0.2, 0.25) is 0 Å². The summed E-state index contributed by atoms with van der Waals surface area (Å²) in [6.07, 6.45) is 1.75. The van der Waals surface area contributed by atoms with Crippen LogP contribution < -0.4 is 10.1 Å². The number of benzene rings is 1. The lowest BCUT2D eigenvalue weighted by Crippen LogP contribution is -2.27. The quantitative estimate of drug-likeness (QED) is 0.937. The molecular formula is C14H14N4O2S. The van der Waals surface area contributed by atoms with E-state index in [2.05, 4.69) is 15.4 Å². The normalized spacial score (nSPS) is 13.9. The lowest BCUT2D eigenvalue weighted by Gasteiger charge is -2.03. The molecular weight excluding hydrogens is 288 g/mol. The van der Waals surface area contributed by atoms with Crippen molar-refractivity contribution in [1.29, 1.82) is 0 Å². The Bertz CT molecular complexity index is 679. The van der Waals surface area contributed by atoms with E-state index in [1.807, 2.05) is 24.3 Å². The van der Waals surface area contributed by atoms with Crippen LogP contribution in [0.2, 0.25) is 0 Å². The number of nitrogens with one attached hydrogen (secondary N) is 1. The van der Waals surface area contributed by atoms with E-state index in [4.69, 9.17) is 4.74 Å². The number of carbonyl (C=O) groups excluding carboxylic acids is 1. The minimum absolute atomic E-state index is 0.240. The lowest BCUT2D eigenvalue weighted by molar-refractivity contribution is 0.0972. The summed E-state index contributed by atoms with van der Waals surface area (Å²) in [5, 5.41) is 7.70. The summed E-state index contributed by atoms with van der Waals surface area (Å²) < 4.78 is 6.76. The van der Waals surface area contributed by atoms with Crippen LogP contribution in [0.4, 0.5) is 0 Å². The van der Waals surface area contributed by atoms with Crippen LogP contribution in [0, 0.1) is 0 Å². The van der Waals surface area contributed by atoms with Crippen molar-refractivity contribution in [3.63, 3.8) is 0 Å². The van der Waals surface area contributed by atoms with Gasteiger partial charge in [-0.2, -0.15) is 5.10 Å². The van der Waals surface area contributed by atoms with Gasteiger partial charge in [0.15, 0.2) is 10.9 Å². The highest BCUT2D eigenvalue weighted by Crippen LogP contribution is 2.15. The first-order valence-electron chi connectivity index (χ1n) is 6.45. The molecule has 0 unspecified atom stereocenters. The number of hydrogen-bond donors (Lipinski definition) is 1. The maximum atomic E-state index is 12.0. The first-order valence-corrected chi connectivity index (χ1v) is 7.43. The van der Waals surface area contributed by atoms with E-state index in [-0.39, 0.29) is 5.91 Å². The minimum Gasteiger partial charge on any atom is -0.497 e. The number of amides is 1. The van der Waals surface area contributed by atoms with Gasteiger partial charge in [0.25, 0.3) is 5.91 Å². The van der Waals surface area contributed by atoms with Crippen molar-refractivity contribution in [1.82, 2.24) is 15.1 Å². The highest BCUT2D eigenvalue weighted by atomic mass is 32.2. The summed E-state index contributed by atoms with van der Waals surface area (Å²) >= 11 is 1.54. The number of aliphatic imine (C=N–C) groups is 1. The van der Waals surface area contributed by atoms with E-state index in [1.165, 1.54) is 0 Å². The first kappa shape index (κ1) is 13.7. The van der Waals surface area contributed by atoms with Crippen LogP contribution in [0.1, 0.15) is 10.5 Å². The van der Waals surface area contributed by atoms with E-state index in [1.54, 1.807) is 35.8 Å². The number of hydrogen-bond acceptors (Lipinski definition) is 5. The molecule has 1 aromatic heterocycles. The summed E-state index contributed by atoms with van der Waals surface area (Å²) in [4.78, 5) is 16.2. The predicted molar refractivity (Wildman–Crippen MR) is 82.3 cm³/mol. The zero-order chi connectivity index (χ0) is 14.7. The SMILES string of the molecule is COc1ccc(-n2ccc(C(=O)NC3=NCCS3)n2)cc1. The number of ether oxygens (including phenoxy) is 1. The van der Waals surface area contributed by atoms with Gasteiger partial charge in [-0.3, -0.25) is 15.1 Å². The standard InChI is InChI=1S/C14H14N4O2S/c1-20-11-4-2-10(3-5-11)18-8-6-12(17-18)13(19)16-14-15-7-9-21-14/h2-6,8H,7,9H2,1H3,(H,15,16,19). The highest BCUT2D eigenvalue weighted by molar-refractivity contribution is 8.14. The number of nitrogens with zero attached hydrogens (tertiary/aromatic N) is 3. The number of amidine groups is 1. The number of carbonyl (C=O) groups is 1. The minimum atomic E-state index is -0.240. The van der Waals surface area contributed by atoms with E-state index in [0.29, 0.717) is 10.9 Å². The number of methoxy groups -OCH3 is 1.